The molecule has 5 atom stereocenters. The predicted octanol–water partition coefficient (Wildman–Crippen LogP) is 0.150. The molecule has 0 bridgehead atoms. The lowest BCUT2D eigenvalue weighted by molar-refractivity contribution is -0.277. The van der Waals surface area contributed by atoms with Crippen molar-refractivity contribution in [2.24, 2.45) is 0 Å². The van der Waals surface area contributed by atoms with E-state index >= 15 is 0 Å². The SMILES string of the molecule is CCCCOC(=O)CCc1ccc(O[C@H]2O[C@H](CO)[C@@H](O)[C@H](O)[C@H]2O)c(OC)c1. The molecule has 1 aromatic rings. The van der Waals surface area contributed by atoms with Gasteiger partial charge in [0, 0.05) is 6.42 Å². The molecule has 0 amide bonds. The van der Waals surface area contributed by atoms with Crippen LogP contribution < -0.4 is 9.47 Å². The maximum atomic E-state index is 11.7. The van der Waals surface area contributed by atoms with E-state index < -0.39 is 37.3 Å². The Hall–Kier alpha value is -1.91. The first-order valence-electron chi connectivity index (χ1n) is 9.71. The van der Waals surface area contributed by atoms with Crippen LogP contribution in [0.5, 0.6) is 11.5 Å². The third kappa shape index (κ3) is 6.28. The van der Waals surface area contributed by atoms with Gasteiger partial charge in [-0.05, 0) is 30.5 Å². The predicted molar refractivity (Wildman–Crippen MR) is 102 cm³/mol. The smallest absolute Gasteiger partial charge is 0.306 e. The van der Waals surface area contributed by atoms with Crippen LogP contribution in [-0.2, 0) is 20.7 Å². The van der Waals surface area contributed by atoms with Crippen molar-refractivity contribution in [1.82, 2.24) is 0 Å². The van der Waals surface area contributed by atoms with Crippen molar-refractivity contribution in [2.75, 3.05) is 20.3 Å². The molecule has 9 heteroatoms. The zero-order valence-corrected chi connectivity index (χ0v) is 16.7. The molecule has 1 aliphatic rings. The van der Waals surface area contributed by atoms with Crippen LogP contribution in [-0.4, -0.2) is 77.4 Å². The maximum absolute atomic E-state index is 11.7. The summed E-state index contributed by atoms with van der Waals surface area (Å²) >= 11 is 0. The molecule has 0 spiro atoms. The van der Waals surface area contributed by atoms with Crippen LogP contribution in [0.4, 0.5) is 0 Å². The fourth-order valence-electron chi connectivity index (χ4n) is 2.90. The van der Waals surface area contributed by atoms with Crippen LogP contribution in [0.25, 0.3) is 0 Å². The van der Waals surface area contributed by atoms with E-state index in [1.165, 1.54) is 7.11 Å². The summed E-state index contributed by atoms with van der Waals surface area (Å²) in [5.41, 5.74) is 0.829. The molecule has 1 aliphatic heterocycles. The molecular formula is C20H30O9. The fraction of sp³-hybridized carbons (Fsp3) is 0.650. The highest BCUT2D eigenvalue weighted by molar-refractivity contribution is 5.69. The van der Waals surface area contributed by atoms with Crippen molar-refractivity contribution < 1.29 is 44.2 Å². The van der Waals surface area contributed by atoms with E-state index in [0.29, 0.717) is 18.8 Å². The number of esters is 1. The largest absolute Gasteiger partial charge is 0.493 e. The Balaban J connectivity index is 2.00. The summed E-state index contributed by atoms with van der Waals surface area (Å²) in [6, 6.07) is 5.03. The standard InChI is InChI=1S/C20H30O9/c1-3-4-9-27-16(22)8-6-12-5-7-13(14(10-12)26-2)28-20-19(25)18(24)17(23)15(11-21)29-20/h5,7,10,15,17-21,23-25H,3-4,6,8-9,11H2,1-2H3/t15-,17-,18+,19-,20+/m1/s1. The van der Waals surface area contributed by atoms with Crippen molar-refractivity contribution in [3.05, 3.63) is 23.8 Å². The van der Waals surface area contributed by atoms with Crippen molar-refractivity contribution in [3.63, 3.8) is 0 Å². The minimum Gasteiger partial charge on any atom is -0.493 e. The second-order valence-electron chi connectivity index (χ2n) is 6.87. The Morgan fingerprint density at radius 1 is 1.14 bits per heavy atom. The Labute approximate surface area is 169 Å². The molecule has 0 aliphatic carbocycles. The van der Waals surface area contributed by atoms with Gasteiger partial charge in [0.15, 0.2) is 11.5 Å². The lowest BCUT2D eigenvalue weighted by Crippen LogP contribution is -2.60. The minimum absolute atomic E-state index is 0.236. The van der Waals surface area contributed by atoms with Crippen LogP contribution in [0, 0.1) is 0 Å². The van der Waals surface area contributed by atoms with Gasteiger partial charge in [0.25, 0.3) is 0 Å². The summed E-state index contributed by atoms with van der Waals surface area (Å²) in [5.74, 6) is 0.323. The second kappa shape index (κ2) is 11.3. The normalized spacial score (nSPS) is 26.8. The third-order valence-electron chi connectivity index (χ3n) is 4.70. The van der Waals surface area contributed by atoms with E-state index in [4.69, 9.17) is 18.9 Å². The number of ether oxygens (including phenoxy) is 4. The molecular weight excluding hydrogens is 384 g/mol. The number of methoxy groups -OCH3 is 1. The Kier molecular flexibility index (Phi) is 9.12. The molecule has 1 heterocycles. The molecule has 9 nitrogen and oxygen atoms in total. The Morgan fingerprint density at radius 2 is 1.90 bits per heavy atom. The number of unbranched alkanes of at least 4 members (excludes halogenated alkanes) is 1. The van der Waals surface area contributed by atoms with Gasteiger partial charge >= 0.3 is 5.97 Å². The highest BCUT2D eigenvalue weighted by Gasteiger charge is 2.44. The molecule has 1 aromatic carbocycles. The maximum Gasteiger partial charge on any atom is 0.306 e. The lowest BCUT2D eigenvalue weighted by atomic mass is 9.99. The van der Waals surface area contributed by atoms with Crippen LogP contribution >= 0.6 is 0 Å². The van der Waals surface area contributed by atoms with Gasteiger partial charge in [-0.25, -0.2) is 0 Å². The monoisotopic (exact) mass is 414 g/mol. The number of hydrogen-bond acceptors (Lipinski definition) is 9. The number of carbonyl (C=O) groups excluding carboxylic acids is 1. The molecule has 0 unspecified atom stereocenters. The van der Waals surface area contributed by atoms with Gasteiger partial charge in [-0.15, -0.1) is 0 Å². The number of carbonyl (C=O) groups is 1. The van der Waals surface area contributed by atoms with E-state index in [2.05, 4.69) is 0 Å². The highest BCUT2D eigenvalue weighted by atomic mass is 16.7. The number of rotatable bonds is 10. The molecule has 0 aromatic heterocycles. The van der Waals surface area contributed by atoms with E-state index in [-0.39, 0.29) is 18.1 Å². The molecule has 29 heavy (non-hydrogen) atoms. The topological polar surface area (TPSA) is 135 Å². The molecule has 1 fully saturated rings. The average molecular weight is 414 g/mol. The van der Waals surface area contributed by atoms with Crippen LogP contribution in [0.1, 0.15) is 31.7 Å². The van der Waals surface area contributed by atoms with Gasteiger partial charge in [-0.3, -0.25) is 4.79 Å². The molecule has 0 radical (unpaired) electrons. The number of aryl methyl sites for hydroxylation is 1. The summed E-state index contributed by atoms with van der Waals surface area (Å²) in [5, 5.41) is 39.1. The first kappa shape index (κ1) is 23.4. The lowest BCUT2D eigenvalue weighted by Gasteiger charge is -2.39. The van der Waals surface area contributed by atoms with Gasteiger partial charge in [-0.2, -0.15) is 0 Å². The molecule has 4 N–H and O–H groups in total. The van der Waals surface area contributed by atoms with E-state index in [9.17, 15) is 25.2 Å². The van der Waals surface area contributed by atoms with E-state index in [1.54, 1.807) is 18.2 Å². The molecule has 2 rings (SSSR count). The summed E-state index contributed by atoms with van der Waals surface area (Å²) in [7, 11) is 1.44. The number of benzene rings is 1. The zero-order valence-electron chi connectivity index (χ0n) is 16.7. The first-order chi connectivity index (χ1) is 13.9. The Bertz CT molecular complexity index is 649. The number of aliphatic hydroxyl groups is 4. The van der Waals surface area contributed by atoms with Gasteiger partial charge in [0.1, 0.15) is 24.4 Å². The van der Waals surface area contributed by atoms with Crippen molar-refractivity contribution in [3.8, 4) is 11.5 Å². The number of hydrogen-bond donors (Lipinski definition) is 4. The van der Waals surface area contributed by atoms with Crippen LogP contribution in [0.2, 0.25) is 0 Å². The van der Waals surface area contributed by atoms with E-state index in [1.807, 2.05) is 6.92 Å². The van der Waals surface area contributed by atoms with Gasteiger partial charge in [0.05, 0.1) is 20.3 Å². The quantitative estimate of drug-likeness (QED) is 0.312. The van der Waals surface area contributed by atoms with Gasteiger partial charge in [-0.1, -0.05) is 19.4 Å². The average Bonchev–Trinajstić information content (AvgIpc) is 2.73. The summed E-state index contributed by atoms with van der Waals surface area (Å²) < 4.78 is 21.4. The van der Waals surface area contributed by atoms with Crippen molar-refractivity contribution >= 4 is 5.97 Å². The summed E-state index contributed by atoms with van der Waals surface area (Å²) in [4.78, 5) is 11.7. The van der Waals surface area contributed by atoms with Crippen molar-refractivity contribution in [1.29, 1.82) is 0 Å². The summed E-state index contributed by atoms with van der Waals surface area (Å²) in [6.07, 6.45) is -4.40. The number of aliphatic hydroxyl groups excluding tert-OH is 4. The zero-order chi connectivity index (χ0) is 21.4. The fourth-order valence-corrected chi connectivity index (χ4v) is 2.90. The van der Waals surface area contributed by atoms with Crippen LogP contribution in [0.3, 0.4) is 0 Å². The van der Waals surface area contributed by atoms with Gasteiger partial charge < -0.3 is 39.4 Å². The highest BCUT2D eigenvalue weighted by Crippen LogP contribution is 2.32. The Morgan fingerprint density at radius 3 is 2.55 bits per heavy atom. The van der Waals surface area contributed by atoms with Crippen molar-refractivity contribution in [2.45, 2.75) is 63.3 Å². The van der Waals surface area contributed by atoms with Crippen LogP contribution in [0.15, 0.2) is 18.2 Å². The molecule has 0 saturated carbocycles. The van der Waals surface area contributed by atoms with E-state index in [0.717, 1.165) is 18.4 Å². The molecule has 164 valence electrons. The molecule has 1 saturated heterocycles. The minimum atomic E-state index is -1.53. The summed E-state index contributed by atoms with van der Waals surface area (Å²) in [6.45, 7) is 1.90. The first-order valence-corrected chi connectivity index (χ1v) is 9.71. The third-order valence-corrected chi connectivity index (χ3v) is 4.70. The second-order valence-corrected chi connectivity index (χ2v) is 6.87. The van der Waals surface area contributed by atoms with Gasteiger partial charge in [0.2, 0.25) is 6.29 Å².